The molecule has 0 aliphatic rings. The normalized spacial score (nSPS) is 12.4. The van der Waals surface area contributed by atoms with Crippen LogP contribution >= 0.6 is 0 Å². The largest absolute Gasteiger partial charge is 0.325 e. The smallest absolute Gasteiger partial charge is 0.246 e. The van der Waals surface area contributed by atoms with Crippen molar-refractivity contribution in [2.75, 3.05) is 18.9 Å². The van der Waals surface area contributed by atoms with Gasteiger partial charge in [0, 0.05) is 12.7 Å². The van der Waals surface area contributed by atoms with Crippen molar-refractivity contribution in [1.29, 1.82) is 0 Å². The second-order valence-corrected chi connectivity index (χ2v) is 9.38. The third-order valence-electron chi connectivity index (χ3n) is 4.13. The molecule has 2 rings (SSSR count). The number of nitrogens with zero attached hydrogens (tertiary/aromatic N) is 2. The topological polar surface area (TPSA) is 95.2 Å². The van der Waals surface area contributed by atoms with E-state index < -0.39 is 15.9 Å². The molecule has 0 bridgehead atoms. The van der Waals surface area contributed by atoms with E-state index in [-0.39, 0.29) is 16.9 Å². The molecule has 142 valence electrons. The number of hydrogen-bond acceptors (Lipinski definition) is 4. The number of aryl methyl sites for hydroxylation is 2. The molecule has 1 amide bonds. The summed E-state index contributed by atoms with van der Waals surface area (Å²) >= 11 is 0. The molecule has 0 radical (unpaired) electrons. The van der Waals surface area contributed by atoms with E-state index in [4.69, 9.17) is 0 Å². The summed E-state index contributed by atoms with van der Waals surface area (Å²) in [5.74, 6) is -0.404. The number of aromatic amines is 1. The van der Waals surface area contributed by atoms with E-state index in [2.05, 4.69) is 36.3 Å². The zero-order valence-corrected chi connectivity index (χ0v) is 16.9. The average Bonchev–Trinajstić information content (AvgIpc) is 2.86. The molecule has 1 aromatic carbocycles. The average molecular weight is 378 g/mol. The van der Waals surface area contributed by atoms with Crippen LogP contribution in [0.2, 0.25) is 0 Å². The Hall–Kier alpha value is -2.19. The van der Waals surface area contributed by atoms with Crippen molar-refractivity contribution in [2.24, 2.45) is 0 Å². The number of amides is 1. The fourth-order valence-corrected chi connectivity index (χ4v) is 4.07. The van der Waals surface area contributed by atoms with Gasteiger partial charge in [-0.1, -0.05) is 32.9 Å². The van der Waals surface area contributed by atoms with Crippen molar-refractivity contribution < 1.29 is 13.2 Å². The number of benzene rings is 1. The van der Waals surface area contributed by atoms with E-state index in [1.54, 1.807) is 13.8 Å². The Kier molecular flexibility index (Phi) is 5.58. The Morgan fingerprint density at radius 3 is 2.23 bits per heavy atom. The van der Waals surface area contributed by atoms with Gasteiger partial charge >= 0.3 is 0 Å². The fourth-order valence-electron chi connectivity index (χ4n) is 2.62. The van der Waals surface area contributed by atoms with Gasteiger partial charge in [0.15, 0.2) is 0 Å². The second-order valence-electron chi connectivity index (χ2n) is 7.40. The first-order valence-corrected chi connectivity index (χ1v) is 9.75. The van der Waals surface area contributed by atoms with Gasteiger partial charge in [0.1, 0.15) is 4.90 Å². The first kappa shape index (κ1) is 20.1. The second kappa shape index (κ2) is 7.20. The Bertz CT molecular complexity index is 874. The van der Waals surface area contributed by atoms with Gasteiger partial charge in [0.2, 0.25) is 15.9 Å². The lowest BCUT2D eigenvalue weighted by Crippen LogP contribution is -2.35. The molecule has 0 saturated carbocycles. The molecule has 26 heavy (non-hydrogen) atoms. The number of H-pyrrole nitrogens is 1. The highest BCUT2D eigenvalue weighted by Gasteiger charge is 2.28. The molecule has 8 heteroatoms. The van der Waals surface area contributed by atoms with E-state index in [1.807, 2.05) is 24.3 Å². The van der Waals surface area contributed by atoms with Crippen molar-refractivity contribution in [3.63, 3.8) is 0 Å². The summed E-state index contributed by atoms with van der Waals surface area (Å²) in [4.78, 5) is 12.4. The van der Waals surface area contributed by atoms with Crippen molar-refractivity contribution in [3.05, 3.63) is 41.2 Å². The van der Waals surface area contributed by atoms with Crippen molar-refractivity contribution in [1.82, 2.24) is 14.5 Å². The molecule has 0 unspecified atom stereocenters. The Balaban J connectivity index is 2.08. The predicted molar refractivity (Wildman–Crippen MR) is 102 cm³/mol. The number of aromatic nitrogens is 2. The lowest BCUT2D eigenvalue weighted by molar-refractivity contribution is -0.116. The molecule has 1 heterocycles. The minimum absolute atomic E-state index is 0.0249. The van der Waals surface area contributed by atoms with E-state index in [0.29, 0.717) is 17.1 Å². The van der Waals surface area contributed by atoms with E-state index in [9.17, 15) is 13.2 Å². The van der Waals surface area contributed by atoms with Crippen molar-refractivity contribution in [3.8, 4) is 0 Å². The number of carbonyl (C=O) groups excluding carboxylic acids is 1. The molecular formula is C18H26N4O3S. The first-order chi connectivity index (χ1) is 11.9. The number of rotatable bonds is 5. The number of likely N-dealkylation sites (N-methyl/N-ethyl adjacent to an activating group) is 1. The molecular weight excluding hydrogens is 352 g/mol. The van der Waals surface area contributed by atoms with Gasteiger partial charge < -0.3 is 5.32 Å². The standard InChI is InChI=1S/C18H26N4O3S/c1-12-17(13(2)21-20-12)26(24,25)22(6)11-16(23)19-15-9-7-14(8-10-15)18(3,4)5/h7-10H,11H2,1-6H3,(H,19,23)(H,20,21). The van der Waals surface area contributed by atoms with Crippen LogP contribution in [0.25, 0.3) is 0 Å². The van der Waals surface area contributed by atoms with Crippen molar-refractivity contribution >= 4 is 21.6 Å². The van der Waals surface area contributed by atoms with Gasteiger partial charge in [0.05, 0.1) is 17.9 Å². The van der Waals surface area contributed by atoms with Gasteiger partial charge in [-0.2, -0.15) is 9.40 Å². The summed E-state index contributed by atoms with van der Waals surface area (Å²) in [6.45, 7) is 9.30. The van der Waals surface area contributed by atoms with Gasteiger partial charge in [0.25, 0.3) is 0 Å². The lowest BCUT2D eigenvalue weighted by atomic mass is 9.87. The molecule has 2 N–H and O–H groups in total. The summed E-state index contributed by atoms with van der Waals surface area (Å²) in [7, 11) is -2.41. The summed E-state index contributed by atoms with van der Waals surface area (Å²) in [5.41, 5.74) is 2.64. The van der Waals surface area contributed by atoms with Crippen molar-refractivity contribution in [2.45, 2.75) is 44.9 Å². The molecule has 0 spiro atoms. The third kappa shape index (κ3) is 4.31. The monoisotopic (exact) mass is 378 g/mol. The third-order valence-corrected chi connectivity index (χ3v) is 6.20. The summed E-state index contributed by atoms with van der Waals surface area (Å²) in [5, 5.41) is 9.29. The van der Waals surface area contributed by atoms with E-state index >= 15 is 0 Å². The zero-order valence-electron chi connectivity index (χ0n) is 16.0. The molecule has 0 aliphatic carbocycles. The van der Waals surface area contributed by atoms with Crippen LogP contribution in [0.15, 0.2) is 29.2 Å². The quantitative estimate of drug-likeness (QED) is 0.836. The molecule has 2 aromatic rings. The highest BCUT2D eigenvalue weighted by molar-refractivity contribution is 7.89. The van der Waals surface area contributed by atoms with Crippen LogP contribution in [0.1, 0.15) is 37.7 Å². The highest BCUT2D eigenvalue weighted by atomic mass is 32.2. The molecule has 0 atom stereocenters. The Morgan fingerprint density at radius 1 is 1.19 bits per heavy atom. The highest BCUT2D eigenvalue weighted by Crippen LogP contribution is 2.24. The molecule has 0 saturated heterocycles. The van der Waals surface area contributed by atoms with Crippen LogP contribution in [0.3, 0.4) is 0 Å². The number of anilines is 1. The minimum atomic E-state index is -3.79. The molecule has 1 aromatic heterocycles. The van der Waals surface area contributed by atoms with Crippen LogP contribution in [-0.2, 0) is 20.2 Å². The maximum Gasteiger partial charge on any atom is 0.246 e. The number of sulfonamides is 1. The maximum atomic E-state index is 12.7. The van der Waals surface area contributed by atoms with Crippen LogP contribution < -0.4 is 5.32 Å². The van der Waals surface area contributed by atoms with Crippen LogP contribution in [0.5, 0.6) is 0 Å². The van der Waals surface area contributed by atoms with Gasteiger partial charge in [-0.3, -0.25) is 9.89 Å². The predicted octanol–water partition coefficient (Wildman–Crippen LogP) is 2.58. The molecule has 0 fully saturated rings. The zero-order chi connectivity index (χ0) is 19.7. The first-order valence-electron chi connectivity index (χ1n) is 8.31. The van der Waals surface area contributed by atoms with Gasteiger partial charge in [-0.15, -0.1) is 0 Å². The number of carbonyl (C=O) groups is 1. The number of hydrogen-bond donors (Lipinski definition) is 2. The number of nitrogens with one attached hydrogen (secondary N) is 2. The fraction of sp³-hybridized carbons (Fsp3) is 0.444. The SMILES string of the molecule is Cc1n[nH]c(C)c1S(=O)(=O)N(C)CC(=O)Nc1ccc(C(C)(C)C)cc1. The van der Waals surface area contributed by atoms with Crippen LogP contribution in [0, 0.1) is 13.8 Å². The van der Waals surface area contributed by atoms with Crippen LogP contribution in [-0.4, -0.2) is 42.4 Å². The van der Waals surface area contributed by atoms with Gasteiger partial charge in [-0.05, 0) is 37.0 Å². The van der Waals surface area contributed by atoms with Crippen LogP contribution in [0.4, 0.5) is 5.69 Å². The lowest BCUT2D eigenvalue weighted by Gasteiger charge is -2.20. The van der Waals surface area contributed by atoms with Gasteiger partial charge in [-0.25, -0.2) is 8.42 Å². The summed E-state index contributed by atoms with van der Waals surface area (Å²) < 4.78 is 26.4. The van der Waals surface area contributed by atoms with E-state index in [0.717, 1.165) is 9.87 Å². The summed E-state index contributed by atoms with van der Waals surface area (Å²) in [6, 6.07) is 7.54. The Morgan fingerprint density at radius 2 is 1.77 bits per heavy atom. The maximum absolute atomic E-state index is 12.7. The summed E-state index contributed by atoms with van der Waals surface area (Å²) in [6.07, 6.45) is 0. The minimum Gasteiger partial charge on any atom is -0.325 e. The molecule has 0 aliphatic heterocycles. The Labute approximate surface area is 154 Å². The molecule has 7 nitrogen and oxygen atoms in total. The van der Waals surface area contributed by atoms with E-state index in [1.165, 1.54) is 7.05 Å².